The number of rotatable bonds is 1. The van der Waals surface area contributed by atoms with Gasteiger partial charge in [-0.15, -0.1) is 0 Å². The van der Waals surface area contributed by atoms with Crippen molar-refractivity contribution in [3.8, 4) is 0 Å². The van der Waals surface area contributed by atoms with E-state index < -0.39 is 30.4 Å². The molecule has 1 atom stereocenters. The first-order valence-corrected chi connectivity index (χ1v) is 42.5. The predicted octanol–water partition coefficient (Wildman–Crippen LogP) is 31.3. The van der Waals surface area contributed by atoms with Crippen LogP contribution in [0.25, 0.3) is 19.4 Å². The van der Waals surface area contributed by atoms with Crippen LogP contribution in [0.5, 0.6) is 0 Å². The summed E-state index contributed by atoms with van der Waals surface area (Å²) in [5, 5.41) is 0. The second-order valence-electron chi connectivity index (χ2n) is 39.8. The number of nitrogens with zero attached hydrogens (tertiary/aromatic N) is 4. The Balaban J connectivity index is -0.000000202. The predicted molar refractivity (Wildman–Crippen MR) is 455 cm³/mol. The van der Waals surface area contributed by atoms with E-state index in [-0.39, 0.29) is 47.1 Å². The first-order chi connectivity index (χ1) is 48.7. The van der Waals surface area contributed by atoms with E-state index in [1.165, 1.54) is 25.7 Å². The fourth-order valence-electron chi connectivity index (χ4n) is 12.0. The van der Waals surface area contributed by atoms with Crippen LogP contribution in [-0.4, -0.2) is 94.3 Å². The van der Waals surface area contributed by atoms with Crippen LogP contribution in [0.3, 0.4) is 0 Å². The molecule has 14 heteroatoms. The van der Waals surface area contributed by atoms with E-state index in [9.17, 15) is 26.3 Å². The molecule has 107 heavy (non-hydrogen) atoms. The highest BCUT2D eigenvalue weighted by Gasteiger charge is 2.56. The number of alkyl halides is 6. The molecule has 6 aliphatic carbocycles. The molecule has 8 nitrogen and oxygen atoms in total. The Morgan fingerprint density at radius 1 is 0.383 bits per heavy atom. The summed E-state index contributed by atoms with van der Waals surface area (Å²) in [7, 11) is 0. The summed E-state index contributed by atoms with van der Waals surface area (Å²) in [6.07, 6.45) is 11.3. The molecule has 0 aromatic carbocycles. The molecule has 0 aromatic heterocycles. The van der Waals surface area contributed by atoms with Crippen molar-refractivity contribution >= 4 is 0 Å². The van der Waals surface area contributed by atoms with Gasteiger partial charge in [-0.1, -0.05) is 270 Å². The molecular formula is C93H182F6N4O4. The van der Waals surface area contributed by atoms with E-state index in [0.717, 1.165) is 147 Å². The quantitative estimate of drug-likeness (QED) is 0.194. The van der Waals surface area contributed by atoms with Crippen LogP contribution in [0.1, 0.15) is 386 Å². The molecule has 0 bridgehead atoms. The van der Waals surface area contributed by atoms with Gasteiger partial charge in [-0.05, 0) is 130 Å². The molecule has 0 radical (unpaired) electrons. The zero-order valence-corrected chi connectivity index (χ0v) is 78.3. The van der Waals surface area contributed by atoms with E-state index in [1.54, 1.807) is 20.8 Å². The number of hydrogen-bond donors (Lipinski definition) is 0. The van der Waals surface area contributed by atoms with Gasteiger partial charge < -0.3 is 28.6 Å². The monoisotopic (exact) mass is 1530 g/mol. The minimum atomic E-state index is -2.35. The van der Waals surface area contributed by atoms with E-state index in [0.29, 0.717) is 50.2 Å². The fourth-order valence-corrected chi connectivity index (χ4v) is 12.0. The van der Waals surface area contributed by atoms with Gasteiger partial charge in [-0.25, -0.2) is 62.3 Å². The van der Waals surface area contributed by atoms with Crippen LogP contribution < -0.4 is 0 Å². The molecule has 1 unspecified atom stereocenters. The number of hydrogen-bond acceptors (Lipinski definition) is 4. The number of ether oxygens (including phenoxy) is 4. The first-order valence-electron chi connectivity index (χ1n) is 42.5. The smallest absolute Gasteiger partial charge is 0.381 e. The van der Waals surface area contributed by atoms with Crippen molar-refractivity contribution in [2.75, 3.05) is 52.9 Å². The molecule has 10 aliphatic rings. The number of halogens is 6. The fraction of sp³-hybridized carbons (Fsp3) is 0.957. The van der Waals surface area contributed by atoms with Crippen molar-refractivity contribution in [1.82, 2.24) is 0 Å². The second-order valence-corrected chi connectivity index (χ2v) is 39.8. The lowest BCUT2D eigenvalue weighted by Gasteiger charge is -2.48. The molecule has 4 aliphatic heterocycles. The standard InChI is InChI=1S/C9H18O.C8H14F2.2C8H16O.C7H8N2.2C7H11N.C7H14O.C6H12F2.C6H14.2C5H9F.5C2H6/c1-9(2,3)8-4-6-10-7-5-8;1-7(2,3)6-4-8(9,10)5-6;1-7(2,3)8(4)5-9-6-8;1-8(2,3)7-4-5-9-6-7;1-6-4-7(5-6,8-2)9-3;2*1-6-4-7(2,5-6)8-3;1-7(2,3)6-4-8-5-6;1-6(2,3)4-5(7)8;1-5-6(2,3)4;2*1-4-2-5(6)3-4;5*1-2/h8H,4-7H2,1-3H3;6H,4-5H2,1-3H3;5-6H2,1-4H3;7H,4-6H2,1-3H3;6H,4-5H2,1H3;2*6H,4-5H2,1-2H3;6H,4-5H2,1-3H3;5H,4H2,1-3H3;5H2,1-4H3;2*4-5H,2-3H2,1H3;5*1-2H3. The van der Waals surface area contributed by atoms with Crippen LogP contribution in [0.4, 0.5) is 26.3 Å². The topological polar surface area (TPSA) is 54.4 Å². The Morgan fingerprint density at radius 3 is 0.748 bits per heavy atom. The van der Waals surface area contributed by atoms with Crippen molar-refractivity contribution in [2.24, 2.45) is 96.6 Å². The maximum absolute atomic E-state index is 12.3. The molecule has 10 fully saturated rings. The van der Waals surface area contributed by atoms with Gasteiger partial charge in [0, 0.05) is 96.6 Å². The zero-order chi connectivity index (χ0) is 86.3. The van der Waals surface area contributed by atoms with Gasteiger partial charge in [0.15, 0.2) is 0 Å². The summed E-state index contributed by atoms with van der Waals surface area (Å²) in [5.41, 5.74) is 2.06. The largest absolute Gasteiger partial charge is 0.482 e. The van der Waals surface area contributed by atoms with Crippen LogP contribution in [0.15, 0.2) is 0 Å². The lowest BCUT2D eigenvalue weighted by molar-refractivity contribution is -0.158. The van der Waals surface area contributed by atoms with Crippen LogP contribution >= 0.6 is 0 Å². The SMILES string of the molecule is CC.CC.CC.CC.CC.CC(C)(C)C1(C)COC1.CC(C)(C)C1CC(F)(F)C1.CC(C)(C)C1CCOC1.CC(C)(C)C1CCOCC1.CC(C)(C)C1COC1.CC(C)(C)CC(F)F.CC1CC(F)C1.CC1CC(F)C1.CCC(C)(C)C.[C-]#[N+]C1(C)CC(C)C1.[C-]#[N+]C1(C)CC(C)C1.[C-]#[N+]C1([N+]#[C-])CC(C)C1. The van der Waals surface area contributed by atoms with Crippen molar-refractivity contribution in [3.05, 3.63) is 45.7 Å². The summed E-state index contributed by atoms with van der Waals surface area (Å²) >= 11 is 0. The van der Waals surface area contributed by atoms with Gasteiger partial charge in [-0.2, -0.15) is 0 Å². The highest BCUT2D eigenvalue weighted by molar-refractivity contribution is 5.13. The van der Waals surface area contributed by atoms with Crippen molar-refractivity contribution in [2.45, 2.75) is 428 Å². The van der Waals surface area contributed by atoms with Crippen molar-refractivity contribution in [3.63, 3.8) is 0 Å². The third kappa shape index (κ3) is 58.0. The Labute approximate surface area is 664 Å². The third-order valence-corrected chi connectivity index (χ3v) is 21.3. The molecule has 4 heterocycles. The van der Waals surface area contributed by atoms with Gasteiger partial charge >= 0.3 is 5.66 Å². The normalized spacial score (nSPS) is 26.5. The van der Waals surface area contributed by atoms with E-state index in [1.807, 2.05) is 104 Å². The minimum Gasteiger partial charge on any atom is -0.381 e. The molecule has 640 valence electrons. The lowest BCUT2D eigenvalue weighted by Crippen LogP contribution is -2.49. The third-order valence-electron chi connectivity index (χ3n) is 21.3. The summed E-state index contributed by atoms with van der Waals surface area (Å²) in [6, 6.07) is 0. The molecule has 0 spiro atoms. The van der Waals surface area contributed by atoms with Gasteiger partial charge in [0.05, 0.1) is 26.4 Å². The van der Waals surface area contributed by atoms with E-state index in [4.69, 9.17) is 45.2 Å². The Hall–Kier alpha value is -2.62. The van der Waals surface area contributed by atoms with Crippen LogP contribution in [0.2, 0.25) is 0 Å². The lowest BCUT2D eigenvalue weighted by atomic mass is 9.66. The Morgan fingerprint density at radius 2 is 0.673 bits per heavy atom. The van der Waals surface area contributed by atoms with Crippen LogP contribution in [0, 0.1) is 123 Å². The molecule has 0 amide bonds. The molecule has 0 aromatic rings. The minimum absolute atomic E-state index is 0.00694. The van der Waals surface area contributed by atoms with Crippen molar-refractivity contribution in [1.29, 1.82) is 0 Å². The zero-order valence-electron chi connectivity index (χ0n) is 78.3. The summed E-state index contributed by atoms with van der Waals surface area (Å²) < 4.78 is 92.0. The average molecular weight is 1530 g/mol. The molecule has 0 N–H and O–H groups in total. The molecule has 4 saturated heterocycles. The molecular weight excluding hydrogens is 1350 g/mol. The first kappa shape index (κ1) is 118. The Bertz CT molecular complexity index is 2190. The average Bonchev–Trinajstić information content (AvgIpc) is 0.986. The van der Waals surface area contributed by atoms with Crippen LogP contribution in [-0.2, 0) is 18.9 Å². The highest BCUT2D eigenvalue weighted by Crippen LogP contribution is 2.51. The van der Waals surface area contributed by atoms with Gasteiger partial charge in [-0.3, -0.25) is 0 Å². The van der Waals surface area contributed by atoms with Crippen molar-refractivity contribution < 1.29 is 45.3 Å². The summed E-state index contributed by atoms with van der Waals surface area (Å²) in [4.78, 5) is 13.6. The summed E-state index contributed by atoms with van der Waals surface area (Å²) in [6.45, 7) is 120. The van der Waals surface area contributed by atoms with E-state index in [2.05, 4.69) is 172 Å². The second kappa shape index (κ2) is 56.6. The van der Waals surface area contributed by atoms with Gasteiger partial charge in [0.2, 0.25) is 23.4 Å². The van der Waals surface area contributed by atoms with Gasteiger partial charge in [0.25, 0.3) is 0 Å². The summed E-state index contributed by atoms with van der Waals surface area (Å²) in [5.74, 6) is 3.87. The maximum atomic E-state index is 12.3. The molecule has 10 rings (SSSR count). The highest BCUT2D eigenvalue weighted by atomic mass is 19.3. The Kier molecular flexibility index (Phi) is 62.2. The van der Waals surface area contributed by atoms with E-state index >= 15 is 0 Å². The molecule has 6 saturated carbocycles. The van der Waals surface area contributed by atoms with Gasteiger partial charge in [0.1, 0.15) is 25.2 Å². The maximum Gasteiger partial charge on any atom is 0.482 e.